The van der Waals surface area contributed by atoms with Crippen LogP contribution in [0.2, 0.25) is 0 Å². The summed E-state index contributed by atoms with van der Waals surface area (Å²) in [5.74, 6) is 2.24. The molecule has 0 aliphatic heterocycles. The van der Waals surface area contributed by atoms with Gasteiger partial charge >= 0.3 is 5.97 Å². The van der Waals surface area contributed by atoms with E-state index < -0.39 is 5.97 Å². The number of carbonyl (C=O) groups excluding carboxylic acids is 2. The summed E-state index contributed by atoms with van der Waals surface area (Å²) in [7, 11) is 0. The first-order valence-corrected chi connectivity index (χ1v) is 13.6. The van der Waals surface area contributed by atoms with Crippen LogP contribution in [0.1, 0.15) is 91.9 Å². The minimum Gasteiger partial charge on any atom is -0.481 e. The van der Waals surface area contributed by atoms with Crippen molar-refractivity contribution in [1.29, 1.82) is 0 Å². The molecule has 0 aromatic carbocycles. The van der Waals surface area contributed by atoms with Crippen molar-refractivity contribution in [3.05, 3.63) is 0 Å². The Bertz CT molecular complexity index is 768. The molecule has 1 N–H and O–H groups in total. The van der Waals surface area contributed by atoms with Gasteiger partial charge in [0.05, 0.1) is 0 Å². The Morgan fingerprint density at radius 2 is 1.68 bits per heavy atom. The Morgan fingerprint density at radius 1 is 1.00 bits per heavy atom. The van der Waals surface area contributed by atoms with E-state index in [1.807, 2.05) is 0 Å². The van der Waals surface area contributed by atoms with E-state index in [9.17, 15) is 19.5 Å². The zero-order valence-electron chi connectivity index (χ0n) is 21.4. The summed E-state index contributed by atoms with van der Waals surface area (Å²) in [6.45, 7) is 10.6. The molecule has 4 aliphatic carbocycles. The molecule has 4 aliphatic rings. The largest absolute Gasteiger partial charge is 0.481 e. The number of carboxylic acid groups (broad SMARTS) is 1. The molecule has 0 amide bonds. The molecule has 0 spiro atoms. The molecule has 4 rings (SSSR count). The highest BCUT2D eigenvalue weighted by Crippen LogP contribution is 2.70. The van der Waals surface area contributed by atoms with Crippen LogP contribution >= 0.6 is 0 Å². The topological polar surface area (TPSA) is 89.9 Å². The number of aliphatic carboxylic acids is 1. The number of hydrogen-bond acceptors (Lipinski definition) is 5. The third-order valence-corrected chi connectivity index (χ3v) is 11.4. The molecular formula is C28H44O6. The standard InChI is InChI=1S/C28H44O6/c1-5-19-23-14-18(33-15-29)10-12-28(23,4)22-11-13-27(3)20(17(2)6-9-24(31)32)7-8-21(27)25(22)26(19)34-16-30/h15-23,25-26H,5-14H2,1-4H3,(H,31,32)/t17-,18-,19-,20-,21+,22+,23+,25+,26+,27-,28-/m1/s1. The van der Waals surface area contributed by atoms with Crippen LogP contribution in [0, 0.1) is 52.3 Å². The summed E-state index contributed by atoms with van der Waals surface area (Å²) < 4.78 is 11.4. The predicted octanol–water partition coefficient (Wildman–Crippen LogP) is 5.48. The van der Waals surface area contributed by atoms with Crippen molar-refractivity contribution >= 4 is 18.9 Å². The smallest absolute Gasteiger partial charge is 0.303 e. The Morgan fingerprint density at radius 3 is 2.32 bits per heavy atom. The Kier molecular flexibility index (Phi) is 7.36. The van der Waals surface area contributed by atoms with Crippen LogP contribution < -0.4 is 0 Å². The number of hydrogen-bond donors (Lipinski definition) is 1. The monoisotopic (exact) mass is 476 g/mol. The van der Waals surface area contributed by atoms with Crippen LogP contribution in [0.4, 0.5) is 0 Å². The van der Waals surface area contributed by atoms with Gasteiger partial charge in [0, 0.05) is 12.3 Å². The minimum atomic E-state index is -0.707. The highest BCUT2D eigenvalue weighted by Gasteiger charge is 2.65. The Balaban J connectivity index is 1.66. The van der Waals surface area contributed by atoms with Crippen molar-refractivity contribution in [3.63, 3.8) is 0 Å². The van der Waals surface area contributed by atoms with Gasteiger partial charge in [-0.1, -0.05) is 27.7 Å². The van der Waals surface area contributed by atoms with Gasteiger partial charge in [0.1, 0.15) is 12.2 Å². The molecule has 11 atom stereocenters. The van der Waals surface area contributed by atoms with E-state index in [0.717, 1.165) is 51.4 Å². The lowest BCUT2D eigenvalue weighted by Crippen LogP contribution is -2.62. The van der Waals surface area contributed by atoms with E-state index in [2.05, 4.69) is 27.7 Å². The molecule has 0 radical (unpaired) electrons. The van der Waals surface area contributed by atoms with E-state index in [-0.39, 0.29) is 35.4 Å². The Hall–Kier alpha value is -1.59. The summed E-state index contributed by atoms with van der Waals surface area (Å²) in [5, 5.41) is 9.22. The molecule has 0 heterocycles. The number of rotatable bonds is 9. The maximum atomic E-state index is 11.8. The average molecular weight is 477 g/mol. The lowest BCUT2D eigenvalue weighted by Gasteiger charge is -2.65. The summed E-state index contributed by atoms with van der Waals surface area (Å²) in [4.78, 5) is 34.0. The second kappa shape index (κ2) is 9.81. The quantitative estimate of drug-likeness (QED) is 0.444. The zero-order valence-corrected chi connectivity index (χ0v) is 21.4. The third kappa shape index (κ3) is 4.07. The van der Waals surface area contributed by atoms with Crippen LogP contribution in [-0.4, -0.2) is 36.2 Å². The molecule has 192 valence electrons. The van der Waals surface area contributed by atoms with E-state index in [1.165, 1.54) is 6.42 Å². The minimum absolute atomic E-state index is 0.0298. The normalized spacial score (nSPS) is 46.4. The molecule has 0 aromatic rings. The van der Waals surface area contributed by atoms with Gasteiger partial charge in [-0.3, -0.25) is 14.4 Å². The maximum absolute atomic E-state index is 11.8. The fraction of sp³-hybridized carbons (Fsp3) is 0.893. The van der Waals surface area contributed by atoms with Crippen molar-refractivity contribution in [2.24, 2.45) is 52.3 Å². The number of carbonyl (C=O) groups is 3. The van der Waals surface area contributed by atoms with E-state index in [1.54, 1.807) is 0 Å². The van der Waals surface area contributed by atoms with E-state index >= 15 is 0 Å². The van der Waals surface area contributed by atoms with Gasteiger partial charge < -0.3 is 14.6 Å². The van der Waals surface area contributed by atoms with E-state index in [4.69, 9.17) is 9.47 Å². The van der Waals surface area contributed by atoms with Crippen LogP contribution in [0.5, 0.6) is 0 Å². The fourth-order valence-electron chi connectivity index (χ4n) is 9.89. The molecule has 0 bridgehead atoms. The van der Waals surface area contributed by atoms with Crippen LogP contribution in [0.3, 0.4) is 0 Å². The van der Waals surface area contributed by atoms with Gasteiger partial charge in [0.15, 0.2) is 0 Å². The Labute approximate surface area is 204 Å². The molecule has 0 aromatic heterocycles. The highest BCUT2D eigenvalue weighted by atomic mass is 16.5. The van der Waals surface area contributed by atoms with Gasteiger partial charge in [0.25, 0.3) is 12.9 Å². The van der Waals surface area contributed by atoms with Crippen molar-refractivity contribution in [1.82, 2.24) is 0 Å². The van der Waals surface area contributed by atoms with Crippen molar-refractivity contribution < 1.29 is 29.0 Å². The van der Waals surface area contributed by atoms with E-state index in [0.29, 0.717) is 48.5 Å². The number of ether oxygens (including phenoxy) is 2. The van der Waals surface area contributed by atoms with Crippen molar-refractivity contribution in [3.8, 4) is 0 Å². The summed E-state index contributed by atoms with van der Waals surface area (Å²) in [6.07, 6.45) is 9.26. The molecule has 6 nitrogen and oxygen atoms in total. The van der Waals surface area contributed by atoms with Crippen molar-refractivity contribution in [2.45, 2.75) is 104 Å². The van der Waals surface area contributed by atoms with Gasteiger partial charge in [-0.2, -0.15) is 0 Å². The van der Waals surface area contributed by atoms with Crippen LogP contribution in [0.25, 0.3) is 0 Å². The van der Waals surface area contributed by atoms with Crippen LogP contribution in [0.15, 0.2) is 0 Å². The summed E-state index contributed by atoms with van der Waals surface area (Å²) >= 11 is 0. The van der Waals surface area contributed by atoms with Gasteiger partial charge in [0.2, 0.25) is 0 Å². The fourth-order valence-corrected chi connectivity index (χ4v) is 9.89. The van der Waals surface area contributed by atoms with Gasteiger partial charge in [-0.15, -0.1) is 0 Å². The molecule has 0 unspecified atom stereocenters. The average Bonchev–Trinajstić information content (AvgIpc) is 3.16. The molecule has 4 fully saturated rings. The molecular weight excluding hydrogens is 432 g/mol. The zero-order chi connectivity index (χ0) is 24.7. The number of carboxylic acids is 1. The van der Waals surface area contributed by atoms with Gasteiger partial charge in [-0.25, -0.2) is 0 Å². The lowest BCUT2D eigenvalue weighted by molar-refractivity contribution is -0.213. The second-order valence-electron chi connectivity index (χ2n) is 12.4. The second-order valence-corrected chi connectivity index (χ2v) is 12.4. The van der Waals surface area contributed by atoms with Crippen LogP contribution in [-0.2, 0) is 23.9 Å². The maximum Gasteiger partial charge on any atom is 0.303 e. The number of fused-ring (bicyclic) bond motifs is 5. The molecule has 6 heteroatoms. The molecule has 34 heavy (non-hydrogen) atoms. The predicted molar refractivity (Wildman–Crippen MR) is 128 cm³/mol. The van der Waals surface area contributed by atoms with Crippen molar-refractivity contribution in [2.75, 3.05) is 0 Å². The first kappa shape index (κ1) is 25.5. The first-order valence-electron chi connectivity index (χ1n) is 13.6. The molecule has 0 saturated heterocycles. The SMILES string of the molecule is CC[C@H]1[C@H](OC=O)[C@@H]2[C@H](CC[C@]3(C)[C@@H]([C@H](C)CCC(=O)O)CC[C@@H]23)[C@@]2(C)CC[C@@H](OC=O)C[C@@H]12. The lowest BCUT2D eigenvalue weighted by atomic mass is 9.41. The highest BCUT2D eigenvalue weighted by molar-refractivity contribution is 5.66. The summed E-state index contributed by atoms with van der Waals surface area (Å²) in [5.41, 5.74) is 0.341. The first-order chi connectivity index (χ1) is 16.2. The summed E-state index contributed by atoms with van der Waals surface area (Å²) in [6, 6.07) is 0. The molecule has 4 saturated carbocycles. The third-order valence-electron chi connectivity index (χ3n) is 11.4. The van der Waals surface area contributed by atoms with Gasteiger partial charge in [-0.05, 0) is 104 Å².